The largest absolute Gasteiger partial charge is 0.339 e. The molecule has 65 valence electrons. The fourth-order valence-electron chi connectivity index (χ4n) is 1.22. The van der Waals surface area contributed by atoms with Crippen molar-refractivity contribution in [2.45, 2.75) is 12.8 Å². The third kappa shape index (κ3) is 3.03. The summed E-state index contributed by atoms with van der Waals surface area (Å²) in [5.74, 6) is 0. The van der Waals surface area contributed by atoms with Crippen molar-refractivity contribution in [2.24, 2.45) is 0 Å². The maximum absolute atomic E-state index is 10.2. The maximum Gasteiger partial charge on any atom is 0.293 e. The predicted molar refractivity (Wildman–Crippen MR) is 58.2 cm³/mol. The molecule has 0 atom stereocenters. The van der Waals surface area contributed by atoms with E-state index in [-0.39, 0.29) is 0 Å². The van der Waals surface area contributed by atoms with Crippen LogP contribution in [0.15, 0.2) is 8.96 Å². The van der Waals surface area contributed by atoms with Crippen molar-refractivity contribution in [3.63, 3.8) is 0 Å². The van der Waals surface area contributed by atoms with Gasteiger partial charge in [0.1, 0.15) is 0 Å². The minimum atomic E-state index is 0.845. The number of piperidine rings is 1. The number of carbonyl (C=O) groups is 1. The van der Waals surface area contributed by atoms with Crippen molar-refractivity contribution >= 4 is 45.5 Å². The van der Waals surface area contributed by atoms with Crippen LogP contribution in [0.1, 0.15) is 12.8 Å². The maximum atomic E-state index is 10.2. The smallest absolute Gasteiger partial charge is 0.293 e. The predicted octanol–water partition coefficient (Wildman–Crippen LogP) is 1.89. The standard InChI is InChI=1S/C7H9BBr2NO/c9-7(10)6-1-3-11(4-2-6)8-5-12/h5H,1-4H2. The van der Waals surface area contributed by atoms with Gasteiger partial charge in [0, 0.05) is 0 Å². The molecular formula is C7H9BBr2NO. The quantitative estimate of drug-likeness (QED) is 0.572. The Balaban J connectivity index is 2.39. The van der Waals surface area contributed by atoms with Crippen molar-refractivity contribution < 1.29 is 4.79 Å². The molecule has 0 saturated carbocycles. The monoisotopic (exact) mass is 292 g/mol. The van der Waals surface area contributed by atoms with Crippen molar-refractivity contribution in [3.8, 4) is 0 Å². The highest BCUT2D eigenvalue weighted by Gasteiger charge is 2.15. The van der Waals surface area contributed by atoms with Gasteiger partial charge in [-0.15, -0.1) is 0 Å². The van der Waals surface area contributed by atoms with Gasteiger partial charge in [0.05, 0.1) is 9.58 Å². The summed E-state index contributed by atoms with van der Waals surface area (Å²) < 4.78 is 1.07. The van der Waals surface area contributed by atoms with E-state index in [9.17, 15) is 4.79 Å². The average molecular weight is 294 g/mol. The van der Waals surface area contributed by atoms with E-state index in [4.69, 9.17) is 0 Å². The summed E-state index contributed by atoms with van der Waals surface area (Å²) in [4.78, 5) is 12.2. The third-order valence-corrected chi connectivity index (χ3v) is 3.06. The lowest BCUT2D eigenvalue weighted by Crippen LogP contribution is -2.34. The summed E-state index contributed by atoms with van der Waals surface area (Å²) in [6.45, 7) is 1.88. The van der Waals surface area contributed by atoms with Crippen molar-refractivity contribution in [3.05, 3.63) is 8.96 Å². The molecular weight excluding hydrogens is 285 g/mol. The zero-order chi connectivity index (χ0) is 8.97. The molecule has 0 aromatic carbocycles. The number of carbonyl (C=O) groups excluding carboxylic acids is 1. The van der Waals surface area contributed by atoms with Gasteiger partial charge in [0.25, 0.3) is 7.41 Å². The molecule has 1 aliphatic heterocycles. The molecule has 0 amide bonds. The lowest BCUT2D eigenvalue weighted by molar-refractivity contribution is 0.413. The Kier molecular flexibility index (Phi) is 4.54. The zero-order valence-corrected chi connectivity index (χ0v) is 9.77. The molecule has 1 fully saturated rings. The molecule has 1 aliphatic rings. The van der Waals surface area contributed by atoms with Crippen LogP contribution in [0.5, 0.6) is 0 Å². The van der Waals surface area contributed by atoms with Crippen LogP contribution in [0.4, 0.5) is 0 Å². The van der Waals surface area contributed by atoms with Gasteiger partial charge in [-0.2, -0.15) is 0 Å². The number of hydrogen-bond acceptors (Lipinski definition) is 2. The van der Waals surface area contributed by atoms with Gasteiger partial charge in [-0.05, 0) is 63.4 Å². The Labute approximate surface area is 89.9 Å². The Morgan fingerprint density at radius 1 is 1.42 bits per heavy atom. The molecule has 1 saturated heterocycles. The molecule has 0 aliphatic carbocycles. The fourth-order valence-corrected chi connectivity index (χ4v) is 2.01. The molecule has 0 aromatic heterocycles. The Morgan fingerprint density at radius 2 is 2.00 bits per heavy atom. The van der Waals surface area contributed by atoms with E-state index in [1.165, 1.54) is 5.57 Å². The molecule has 1 radical (unpaired) electrons. The first-order valence-corrected chi connectivity index (χ1v) is 5.38. The summed E-state index contributed by atoms with van der Waals surface area (Å²) in [5.41, 5.74) is 1.39. The molecule has 0 aromatic rings. The molecule has 12 heavy (non-hydrogen) atoms. The summed E-state index contributed by atoms with van der Waals surface area (Å²) in [7, 11) is 1.61. The van der Waals surface area contributed by atoms with E-state index in [1.807, 2.05) is 4.81 Å². The van der Waals surface area contributed by atoms with E-state index in [1.54, 1.807) is 7.41 Å². The highest BCUT2D eigenvalue weighted by atomic mass is 79.9. The molecule has 1 heterocycles. The number of halogens is 2. The van der Waals surface area contributed by atoms with Gasteiger partial charge in [-0.25, -0.2) is 0 Å². The van der Waals surface area contributed by atoms with Crippen molar-refractivity contribution in [1.29, 1.82) is 0 Å². The summed E-state index contributed by atoms with van der Waals surface area (Å²) in [6.07, 6.45) is 2.89. The zero-order valence-electron chi connectivity index (χ0n) is 6.59. The van der Waals surface area contributed by atoms with Crippen molar-refractivity contribution in [2.75, 3.05) is 13.1 Å². The first-order valence-electron chi connectivity index (χ1n) is 3.79. The Bertz CT molecular complexity index is 194. The highest BCUT2D eigenvalue weighted by Crippen LogP contribution is 2.26. The van der Waals surface area contributed by atoms with Crippen LogP contribution in [0.3, 0.4) is 0 Å². The van der Waals surface area contributed by atoms with Crippen LogP contribution in [-0.2, 0) is 4.79 Å². The lowest BCUT2D eigenvalue weighted by Gasteiger charge is -2.26. The van der Waals surface area contributed by atoms with Gasteiger partial charge in [0.15, 0.2) is 0 Å². The van der Waals surface area contributed by atoms with Crippen LogP contribution in [0, 0.1) is 0 Å². The minimum absolute atomic E-state index is 0.845. The van der Waals surface area contributed by atoms with Crippen LogP contribution in [-0.4, -0.2) is 31.5 Å². The van der Waals surface area contributed by atoms with Gasteiger partial charge < -0.3 is 9.61 Å². The third-order valence-electron chi connectivity index (χ3n) is 1.94. The molecule has 0 spiro atoms. The minimum Gasteiger partial charge on any atom is -0.339 e. The second-order valence-electron chi connectivity index (χ2n) is 2.69. The van der Waals surface area contributed by atoms with E-state index in [0.29, 0.717) is 0 Å². The molecule has 0 bridgehead atoms. The van der Waals surface area contributed by atoms with Gasteiger partial charge in [-0.3, -0.25) is 0 Å². The molecule has 5 heteroatoms. The summed E-state index contributed by atoms with van der Waals surface area (Å²) >= 11 is 6.79. The molecule has 0 unspecified atom stereocenters. The van der Waals surface area contributed by atoms with Crippen LogP contribution in [0.25, 0.3) is 0 Å². The molecule has 0 N–H and O–H groups in total. The highest BCUT2D eigenvalue weighted by molar-refractivity contribution is 9.28. The normalized spacial score (nSPS) is 19.0. The topological polar surface area (TPSA) is 20.3 Å². The fraction of sp³-hybridized carbons (Fsp3) is 0.571. The SMILES string of the molecule is O=C[B]N1CCC(=C(Br)Br)CC1. The molecule has 2 nitrogen and oxygen atoms in total. The second-order valence-corrected chi connectivity index (χ2v) is 5.34. The van der Waals surface area contributed by atoms with E-state index < -0.39 is 0 Å². The first kappa shape index (κ1) is 10.5. The van der Waals surface area contributed by atoms with Crippen LogP contribution in [0.2, 0.25) is 0 Å². The summed E-state index contributed by atoms with van der Waals surface area (Å²) in [6, 6.07) is 0. The van der Waals surface area contributed by atoms with Gasteiger partial charge >= 0.3 is 0 Å². The summed E-state index contributed by atoms with van der Waals surface area (Å²) in [5, 5.41) is 0. The Morgan fingerprint density at radius 3 is 2.42 bits per heavy atom. The van der Waals surface area contributed by atoms with Gasteiger partial charge in [0.2, 0.25) is 0 Å². The van der Waals surface area contributed by atoms with E-state index in [2.05, 4.69) is 31.9 Å². The second kappa shape index (κ2) is 5.20. The number of rotatable bonds is 2. The van der Waals surface area contributed by atoms with E-state index >= 15 is 0 Å². The first-order chi connectivity index (χ1) is 5.74. The average Bonchev–Trinajstić information content (AvgIpc) is 2.06. The van der Waals surface area contributed by atoms with E-state index in [0.717, 1.165) is 35.5 Å². The van der Waals surface area contributed by atoms with Crippen LogP contribution >= 0.6 is 31.9 Å². The Hall–Kier alpha value is 0.395. The van der Waals surface area contributed by atoms with Crippen molar-refractivity contribution in [1.82, 2.24) is 4.81 Å². The van der Waals surface area contributed by atoms with Crippen LogP contribution < -0.4 is 0 Å². The van der Waals surface area contributed by atoms with Gasteiger partial charge in [-0.1, -0.05) is 0 Å². The number of hydrogen-bond donors (Lipinski definition) is 0. The molecule has 1 rings (SSSR count). The number of nitrogens with zero attached hydrogens (tertiary/aromatic N) is 1. The lowest BCUT2D eigenvalue weighted by atomic mass is 9.90.